The molecule has 0 bridgehead atoms. The molecule has 0 radical (unpaired) electrons. The Morgan fingerprint density at radius 3 is 2.68 bits per heavy atom. The number of carbonyl (C=O) groups is 1. The van der Waals surface area contributed by atoms with Crippen LogP contribution < -0.4 is 10.6 Å². The molecule has 0 atom stereocenters. The molecule has 1 amide bonds. The van der Waals surface area contributed by atoms with E-state index in [-0.39, 0.29) is 5.91 Å². The summed E-state index contributed by atoms with van der Waals surface area (Å²) in [7, 11) is 0. The number of hydrogen-bond donors (Lipinski definition) is 2. The number of aromatic nitrogens is 2. The zero-order valence-corrected chi connectivity index (χ0v) is 11.5. The van der Waals surface area contributed by atoms with Crippen LogP contribution in [0.15, 0.2) is 12.4 Å². The molecule has 1 fully saturated rings. The van der Waals surface area contributed by atoms with Crippen molar-refractivity contribution < 1.29 is 4.79 Å². The van der Waals surface area contributed by atoms with Gasteiger partial charge in [0.05, 0.1) is 12.4 Å². The van der Waals surface area contributed by atoms with E-state index >= 15 is 0 Å². The van der Waals surface area contributed by atoms with Gasteiger partial charge < -0.3 is 10.6 Å². The van der Waals surface area contributed by atoms with Gasteiger partial charge in [0.15, 0.2) is 0 Å². The van der Waals surface area contributed by atoms with Crippen molar-refractivity contribution >= 4 is 11.7 Å². The third kappa shape index (κ3) is 4.19. The maximum absolute atomic E-state index is 12.0. The molecule has 5 nitrogen and oxygen atoms in total. The van der Waals surface area contributed by atoms with Gasteiger partial charge in [0.2, 0.25) is 0 Å². The summed E-state index contributed by atoms with van der Waals surface area (Å²) in [5.41, 5.74) is 0.396. The number of anilines is 1. The Bertz CT molecular complexity index is 398. The van der Waals surface area contributed by atoms with Crippen LogP contribution in [0.2, 0.25) is 0 Å². The van der Waals surface area contributed by atoms with Crippen LogP contribution in [0.3, 0.4) is 0 Å². The highest BCUT2D eigenvalue weighted by molar-refractivity contribution is 5.92. The van der Waals surface area contributed by atoms with E-state index in [1.165, 1.54) is 25.5 Å². The standard InChI is InChI=1S/C14H22N4O/c1-2-8-15-13-10-16-12(9-17-13)14(19)18-11-6-4-3-5-7-11/h9-11H,2-8H2,1H3,(H,15,17)(H,18,19). The zero-order chi connectivity index (χ0) is 13.5. The van der Waals surface area contributed by atoms with Crippen LogP contribution in [0.25, 0.3) is 0 Å². The van der Waals surface area contributed by atoms with Crippen molar-refractivity contribution in [1.29, 1.82) is 0 Å². The molecule has 104 valence electrons. The van der Waals surface area contributed by atoms with E-state index in [0.717, 1.165) is 31.6 Å². The minimum absolute atomic E-state index is 0.110. The highest BCUT2D eigenvalue weighted by atomic mass is 16.1. The smallest absolute Gasteiger partial charge is 0.271 e. The molecule has 1 aliphatic carbocycles. The lowest BCUT2D eigenvalue weighted by atomic mass is 9.95. The number of nitrogens with one attached hydrogen (secondary N) is 2. The molecule has 1 saturated carbocycles. The summed E-state index contributed by atoms with van der Waals surface area (Å²) in [4.78, 5) is 20.4. The Morgan fingerprint density at radius 2 is 2.05 bits per heavy atom. The first-order chi connectivity index (χ1) is 9.29. The third-order valence-corrected chi connectivity index (χ3v) is 3.38. The van der Waals surface area contributed by atoms with E-state index in [1.807, 2.05) is 0 Å². The Kier molecular flexibility index (Phi) is 5.12. The van der Waals surface area contributed by atoms with E-state index in [9.17, 15) is 4.79 Å². The lowest BCUT2D eigenvalue weighted by molar-refractivity contribution is 0.0922. The Balaban J connectivity index is 1.87. The average Bonchev–Trinajstić information content (AvgIpc) is 2.46. The first kappa shape index (κ1) is 13.8. The highest BCUT2D eigenvalue weighted by Gasteiger charge is 2.17. The van der Waals surface area contributed by atoms with E-state index in [0.29, 0.717) is 11.7 Å². The molecule has 0 saturated heterocycles. The first-order valence-electron chi connectivity index (χ1n) is 7.16. The van der Waals surface area contributed by atoms with Gasteiger partial charge in [-0.05, 0) is 19.3 Å². The monoisotopic (exact) mass is 262 g/mol. The van der Waals surface area contributed by atoms with Gasteiger partial charge in [-0.3, -0.25) is 4.79 Å². The van der Waals surface area contributed by atoms with Crippen LogP contribution in [-0.2, 0) is 0 Å². The van der Waals surface area contributed by atoms with Crippen LogP contribution in [-0.4, -0.2) is 28.5 Å². The quantitative estimate of drug-likeness (QED) is 0.855. The first-order valence-corrected chi connectivity index (χ1v) is 7.16. The SMILES string of the molecule is CCCNc1cnc(C(=O)NC2CCCCC2)cn1. The normalized spacial score (nSPS) is 16.1. The number of hydrogen-bond acceptors (Lipinski definition) is 4. The van der Waals surface area contributed by atoms with Gasteiger partial charge in [0, 0.05) is 12.6 Å². The van der Waals surface area contributed by atoms with Gasteiger partial charge in [-0.1, -0.05) is 26.2 Å². The summed E-state index contributed by atoms with van der Waals surface area (Å²) >= 11 is 0. The molecule has 1 aromatic rings. The second-order valence-corrected chi connectivity index (χ2v) is 5.02. The third-order valence-electron chi connectivity index (χ3n) is 3.38. The van der Waals surface area contributed by atoms with Crippen molar-refractivity contribution in [3.05, 3.63) is 18.1 Å². The Hall–Kier alpha value is -1.65. The molecule has 2 rings (SSSR count). The minimum atomic E-state index is -0.110. The summed E-state index contributed by atoms with van der Waals surface area (Å²) in [6.45, 7) is 2.95. The van der Waals surface area contributed by atoms with Gasteiger partial charge in [-0.25, -0.2) is 9.97 Å². The fourth-order valence-electron chi connectivity index (χ4n) is 2.30. The fraction of sp³-hybridized carbons (Fsp3) is 0.643. The van der Waals surface area contributed by atoms with Gasteiger partial charge in [-0.2, -0.15) is 0 Å². The second kappa shape index (κ2) is 7.07. The van der Waals surface area contributed by atoms with Crippen LogP contribution in [0.4, 0.5) is 5.82 Å². The summed E-state index contributed by atoms with van der Waals surface area (Å²) in [6.07, 6.45) is 10.0. The van der Waals surface area contributed by atoms with E-state index < -0.39 is 0 Å². The average molecular weight is 262 g/mol. The van der Waals surface area contributed by atoms with Gasteiger partial charge >= 0.3 is 0 Å². The summed E-state index contributed by atoms with van der Waals surface area (Å²) in [5, 5.41) is 6.17. The lowest BCUT2D eigenvalue weighted by Gasteiger charge is -2.22. The molecule has 0 spiro atoms. The highest BCUT2D eigenvalue weighted by Crippen LogP contribution is 2.17. The van der Waals surface area contributed by atoms with Crippen molar-refractivity contribution in [2.24, 2.45) is 0 Å². The zero-order valence-electron chi connectivity index (χ0n) is 11.5. The van der Waals surface area contributed by atoms with E-state index in [1.54, 1.807) is 6.20 Å². The van der Waals surface area contributed by atoms with Crippen LogP contribution >= 0.6 is 0 Å². The predicted molar refractivity (Wildman–Crippen MR) is 75.2 cm³/mol. The molecule has 1 aromatic heterocycles. The Morgan fingerprint density at radius 1 is 1.26 bits per heavy atom. The molecule has 19 heavy (non-hydrogen) atoms. The largest absolute Gasteiger partial charge is 0.369 e. The lowest BCUT2D eigenvalue weighted by Crippen LogP contribution is -2.36. The number of carbonyl (C=O) groups excluding carboxylic acids is 1. The van der Waals surface area contributed by atoms with Gasteiger partial charge in [0.25, 0.3) is 5.91 Å². The van der Waals surface area contributed by atoms with Crippen molar-refractivity contribution in [2.75, 3.05) is 11.9 Å². The van der Waals surface area contributed by atoms with E-state index in [2.05, 4.69) is 27.5 Å². The molecule has 0 unspecified atom stereocenters. The molecular formula is C14H22N4O. The summed E-state index contributed by atoms with van der Waals surface area (Å²) < 4.78 is 0. The topological polar surface area (TPSA) is 66.9 Å². The van der Waals surface area contributed by atoms with Crippen molar-refractivity contribution in [3.8, 4) is 0 Å². The second-order valence-electron chi connectivity index (χ2n) is 5.02. The van der Waals surface area contributed by atoms with Gasteiger partial charge in [-0.15, -0.1) is 0 Å². The van der Waals surface area contributed by atoms with Crippen molar-refractivity contribution in [3.63, 3.8) is 0 Å². The van der Waals surface area contributed by atoms with Crippen LogP contribution in [0.1, 0.15) is 55.9 Å². The predicted octanol–water partition coefficient (Wildman–Crippen LogP) is 2.36. The molecular weight excluding hydrogens is 240 g/mol. The Labute approximate surface area is 114 Å². The van der Waals surface area contributed by atoms with Crippen molar-refractivity contribution in [1.82, 2.24) is 15.3 Å². The number of amides is 1. The van der Waals surface area contributed by atoms with Crippen molar-refractivity contribution in [2.45, 2.75) is 51.5 Å². The van der Waals surface area contributed by atoms with E-state index in [4.69, 9.17) is 0 Å². The summed E-state index contributed by atoms with van der Waals surface area (Å²) in [5.74, 6) is 0.609. The van der Waals surface area contributed by atoms with Crippen LogP contribution in [0.5, 0.6) is 0 Å². The van der Waals surface area contributed by atoms with Gasteiger partial charge in [0.1, 0.15) is 11.5 Å². The van der Waals surface area contributed by atoms with Crippen LogP contribution in [0, 0.1) is 0 Å². The minimum Gasteiger partial charge on any atom is -0.369 e. The molecule has 1 aliphatic rings. The molecule has 0 aliphatic heterocycles. The molecule has 1 heterocycles. The molecule has 0 aromatic carbocycles. The molecule has 2 N–H and O–H groups in total. The molecule has 5 heteroatoms. The fourth-order valence-corrected chi connectivity index (χ4v) is 2.30. The maximum atomic E-state index is 12.0. The summed E-state index contributed by atoms with van der Waals surface area (Å²) in [6, 6.07) is 0.306. The maximum Gasteiger partial charge on any atom is 0.271 e. The number of rotatable bonds is 5. The number of nitrogens with zero attached hydrogens (tertiary/aromatic N) is 2.